The van der Waals surface area contributed by atoms with E-state index >= 15 is 0 Å². The summed E-state index contributed by atoms with van der Waals surface area (Å²) < 4.78 is 0. The molecule has 0 spiro atoms. The zero-order valence-corrected chi connectivity index (χ0v) is 21.0. The summed E-state index contributed by atoms with van der Waals surface area (Å²) in [7, 11) is 0. The van der Waals surface area contributed by atoms with Crippen molar-refractivity contribution in [2.45, 2.75) is 52.4 Å². The Morgan fingerprint density at radius 1 is 0.471 bits per heavy atom. The summed E-state index contributed by atoms with van der Waals surface area (Å²) in [5.74, 6) is 0. The Morgan fingerprint density at radius 2 is 0.794 bits per heavy atom. The van der Waals surface area contributed by atoms with Gasteiger partial charge in [0.15, 0.2) is 0 Å². The average molecular weight is 445 g/mol. The Balaban J connectivity index is 1.90. The topological polar surface area (TPSA) is 25.8 Å². The summed E-state index contributed by atoms with van der Waals surface area (Å²) in [5.41, 5.74) is 7.09. The van der Waals surface area contributed by atoms with E-state index in [-0.39, 0.29) is 10.8 Å². The molecule has 0 unspecified atom stereocenters. The molecular weight excluding hydrogens is 412 g/mol. The number of nitrogens with zero attached hydrogens (tertiary/aromatic N) is 2. The van der Waals surface area contributed by atoms with Gasteiger partial charge < -0.3 is 0 Å². The Bertz CT molecular complexity index is 1340. The zero-order chi connectivity index (χ0) is 24.1. The first-order valence-corrected chi connectivity index (χ1v) is 12.0. The molecule has 0 fully saturated rings. The Kier molecular flexibility index (Phi) is 5.28. The van der Waals surface area contributed by atoms with Crippen LogP contribution in [0.1, 0.15) is 52.7 Å². The molecule has 0 saturated carbocycles. The van der Waals surface area contributed by atoms with Crippen LogP contribution >= 0.6 is 0 Å². The average Bonchev–Trinajstić information content (AvgIpc) is 2.81. The summed E-state index contributed by atoms with van der Waals surface area (Å²) in [5, 5.41) is 4.82. The highest BCUT2D eigenvalue weighted by Crippen LogP contribution is 2.43. The standard InChI is InChI=1S/C32H32N2/c1-31(2,3)21-15-17-33-27(19-21)29-23-11-7-9-13-25(23)30(26-14-10-8-12-24(26)29)28-20-22(16-18-34-28)32(4,5)6/h7-20H,1-6H3. The molecule has 0 radical (unpaired) electrons. The number of pyridine rings is 2. The molecule has 34 heavy (non-hydrogen) atoms. The lowest BCUT2D eigenvalue weighted by molar-refractivity contribution is 0.589. The first-order chi connectivity index (χ1) is 16.1. The van der Waals surface area contributed by atoms with Gasteiger partial charge in [-0.2, -0.15) is 0 Å². The minimum absolute atomic E-state index is 0.0561. The number of fused-ring (bicyclic) bond motifs is 2. The van der Waals surface area contributed by atoms with Crippen molar-refractivity contribution >= 4 is 21.5 Å². The van der Waals surface area contributed by atoms with Crippen LogP contribution in [-0.4, -0.2) is 9.97 Å². The van der Waals surface area contributed by atoms with Crippen molar-refractivity contribution in [1.29, 1.82) is 0 Å². The fraction of sp³-hybridized carbons (Fsp3) is 0.250. The van der Waals surface area contributed by atoms with E-state index in [4.69, 9.17) is 9.97 Å². The Hall–Kier alpha value is -3.52. The van der Waals surface area contributed by atoms with Crippen LogP contribution in [-0.2, 0) is 10.8 Å². The van der Waals surface area contributed by atoms with Gasteiger partial charge in [0.25, 0.3) is 0 Å². The van der Waals surface area contributed by atoms with Crippen LogP contribution in [0.5, 0.6) is 0 Å². The van der Waals surface area contributed by atoms with Gasteiger partial charge in [-0.15, -0.1) is 0 Å². The highest BCUT2D eigenvalue weighted by molar-refractivity contribution is 6.20. The molecule has 0 aliphatic carbocycles. The van der Waals surface area contributed by atoms with Crippen molar-refractivity contribution in [1.82, 2.24) is 9.97 Å². The monoisotopic (exact) mass is 444 g/mol. The van der Waals surface area contributed by atoms with Gasteiger partial charge in [0, 0.05) is 23.5 Å². The summed E-state index contributed by atoms with van der Waals surface area (Å²) in [6.45, 7) is 13.5. The van der Waals surface area contributed by atoms with Crippen LogP contribution in [0.4, 0.5) is 0 Å². The van der Waals surface area contributed by atoms with Crippen LogP contribution in [0.3, 0.4) is 0 Å². The summed E-state index contributed by atoms with van der Waals surface area (Å²) in [4.78, 5) is 9.71. The van der Waals surface area contributed by atoms with E-state index in [0.29, 0.717) is 0 Å². The quantitative estimate of drug-likeness (QED) is 0.254. The van der Waals surface area contributed by atoms with Crippen molar-refractivity contribution < 1.29 is 0 Å². The largest absolute Gasteiger partial charge is 0.256 e. The molecule has 2 aromatic heterocycles. The zero-order valence-electron chi connectivity index (χ0n) is 21.0. The van der Waals surface area contributed by atoms with Crippen molar-refractivity contribution in [3.8, 4) is 22.5 Å². The minimum atomic E-state index is 0.0561. The molecule has 0 aliphatic rings. The SMILES string of the molecule is CC(C)(C)c1ccnc(-c2c3ccccc3c(-c3cc(C(C)(C)C)ccn3)c3ccccc23)c1. The lowest BCUT2D eigenvalue weighted by Gasteiger charge is -2.22. The number of rotatable bonds is 2. The third-order valence-corrected chi connectivity index (χ3v) is 6.70. The molecular formula is C32H32N2. The van der Waals surface area contributed by atoms with Gasteiger partial charge in [0.2, 0.25) is 0 Å². The van der Waals surface area contributed by atoms with Gasteiger partial charge in [-0.25, -0.2) is 0 Å². The molecule has 2 heteroatoms. The number of aromatic nitrogens is 2. The van der Waals surface area contributed by atoms with Crippen LogP contribution in [0, 0.1) is 0 Å². The molecule has 3 aromatic carbocycles. The van der Waals surface area contributed by atoms with E-state index in [2.05, 4.69) is 114 Å². The fourth-order valence-electron chi connectivity index (χ4n) is 4.75. The number of benzene rings is 3. The van der Waals surface area contributed by atoms with Crippen molar-refractivity contribution in [3.05, 3.63) is 96.3 Å². The van der Waals surface area contributed by atoms with Crippen molar-refractivity contribution in [2.24, 2.45) is 0 Å². The van der Waals surface area contributed by atoms with Gasteiger partial charge in [-0.1, -0.05) is 90.1 Å². The summed E-state index contributed by atoms with van der Waals surface area (Å²) >= 11 is 0. The van der Waals surface area contributed by atoms with Crippen LogP contribution in [0.2, 0.25) is 0 Å². The van der Waals surface area contributed by atoms with Crippen LogP contribution in [0.25, 0.3) is 44.1 Å². The second-order valence-corrected chi connectivity index (χ2v) is 11.2. The van der Waals surface area contributed by atoms with Crippen LogP contribution < -0.4 is 0 Å². The molecule has 0 saturated heterocycles. The number of hydrogen-bond donors (Lipinski definition) is 0. The first-order valence-electron chi connectivity index (χ1n) is 12.0. The smallest absolute Gasteiger partial charge is 0.0717 e. The second-order valence-electron chi connectivity index (χ2n) is 11.2. The van der Waals surface area contributed by atoms with E-state index in [1.54, 1.807) is 0 Å². The summed E-state index contributed by atoms with van der Waals surface area (Å²) in [6.07, 6.45) is 3.89. The Morgan fingerprint density at radius 3 is 1.09 bits per heavy atom. The fourth-order valence-corrected chi connectivity index (χ4v) is 4.75. The molecule has 0 atom stereocenters. The van der Waals surface area contributed by atoms with E-state index in [1.165, 1.54) is 43.8 Å². The third kappa shape index (κ3) is 3.88. The van der Waals surface area contributed by atoms with Gasteiger partial charge in [-0.05, 0) is 67.8 Å². The highest BCUT2D eigenvalue weighted by atomic mass is 14.7. The van der Waals surface area contributed by atoms with E-state index in [9.17, 15) is 0 Å². The van der Waals surface area contributed by atoms with Crippen molar-refractivity contribution in [3.63, 3.8) is 0 Å². The van der Waals surface area contributed by atoms with Crippen LogP contribution in [0.15, 0.2) is 85.2 Å². The highest BCUT2D eigenvalue weighted by Gasteiger charge is 2.21. The molecule has 5 rings (SSSR count). The molecule has 0 aliphatic heterocycles. The second kappa shape index (κ2) is 8.06. The third-order valence-electron chi connectivity index (χ3n) is 6.70. The van der Waals surface area contributed by atoms with E-state index in [1.807, 2.05) is 12.4 Å². The maximum Gasteiger partial charge on any atom is 0.0717 e. The van der Waals surface area contributed by atoms with E-state index < -0.39 is 0 Å². The predicted octanol–water partition coefficient (Wildman–Crippen LogP) is 8.71. The van der Waals surface area contributed by atoms with Gasteiger partial charge in [-0.3, -0.25) is 9.97 Å². The minimum Gasteiger partial charge on any atom is -0.256 e. The number of hydrogen-bond acceptors (Lipinski definition) is 2. The summed E-state index contributed by atoms with van der Waals surface area (Å²) in [6, 6.07) is 26.1. The van der Waals surface area contributed by atoms with E-state index in [0.717, 1.165) is 11.4 Å². The molecule has 0 N–H and O–H groups in total. The normalized spacial score (nSPS) is 12.4. The molecule has 5 aromatic rings. The first kappa shape index (κ1) is 22.3. The molecule has 0 bridgehead atoms. The van der Waals surface area contributed by atoms with Gasteiger partial charge >= 0.3 is 0 Å². The lowest BCUT2D eigenvalue weighted by atomic mass is 9.84. The maximum atomic E-state index is 4.86. The molecule has 2 heterocycles. The van der Waals surface area contributed by atoms with Gasteiger partial charge in [0.05, 0.1) is 11.4 Å². The molecule has 2 nitrogen and oxygen atoms in total. The Labute approximate surface area is 202 Å². The lowest BCUT2D eigenvalue weighted by Crippen LogP contribution is -2.11. The van der Waals surface area contributed by atoms with Gasteiger partial charge in [0.1, 0.15) is 0 Å². The molecule has 170 valence electrons. The predicted molar refractivity (Wildman–Crippen MR) is 145 cm³/mol. The maximum absolute atomic E-state index is 4.86. The molecule has 0 amide bonds. The van der Waals surface area contributed by atoms with Crippen molar-refractivity contribution in [2.75, 3.05) is 0 Å².